The second-order valence-electron chi connectivity index (χ2n) is 4.84. The Kier molecular flexibility index (Phi) is 3.99. The van der Waals surface area contributed by atoms with Gasteiger partial charge in [-0.25, -0.2) is 4.98 Å². The Morgan fingerprint density at radius 1 is 1.38 bits per heavy atom. The van der Waals surface area contributed by atoms with Crippen molar-refractivity contribution in [2.75, 3.05) is 5.32 Å². The Morgan fingerprint density at radius 2 is 2.19 bits per heavy atom. The van der Waals surface area contributed by atoms with Crippen molar-refractivity contribution in [3.05, 3.63) is 54.5 Å². The lowest BCUT2D eigenvalue weighted by Crippen LogP contribution is -2.14. The van der Waals surface area contributed by atoms with Crippen molar-refractivity contribution in [2.45, 2.75) is 20.4 Å². The van der Waals surface area contributed by atoms with Crippen LogP contribution in [0.15, 0.2) is 29.1 Å². The van der Waals surface area contributed by atoms with Gasteiger partial charge in [-0.3, -0.25) is 4.79 Å². The van der Waals surface area contributed by atoms with E-state index in [-0.39, 0.29) is 5.56 Å². The average Bonchev–Trinajstić information content (AvgIpc) is 2.72. The number of aryl methyl sites for hydroxylation is 2. The van der Waals surface area contributed by atoms with Gasteiger partial charge in [0, 0.05) is 14.1 Å². The molecule has 3 rings (SSSR count). The van der Waals surface area contributed by atoms with Crippen LogP contribution in [-0.4, -0.2) is 9.97 Å². The molecule has 1 aromatic carbocycles. The third-order valence-corrected chi connectivity index (χ3v) is 5.14. The summed E-state index contributed by atoms with van der Waals surface area (Å²) in [6.45, 7) is 4.49. The van der Waals surface area contributed by atoms with Crippen LogP contribution in [0.1, 0.15) is 16.3 Å². The summed E-state index contributed by atoms with van der Waals surface area (Å²) >= 11 is 3.84. The molecule has 0 bridgehead atoms. The van der Waals surface area contributed by atoms with E-state index in [2.05, 4.69) is 43.9 Å². The zero-order valence-corrected chi connectivity index (χ0v) is 14.6. The summed E-state index contributed by atoms with van der Waals surface area (Å²) in [7, 11) is 0. The van der Waals surface area contributed by atoms with Crippen molar-refractivity contribution in [2.24, 2.45) is 0 Å². The van der Waals surface area contributed by atoms with Crippen LogP contribution in [0.25, 0.3) is 10.2 Å². The molecule has 108 valence electrons. The van der Waals surface area contributed by atoms with Crippen LogP contribution < -0.4 is 10.9 Å². The number of aromatic nitrogens is 2. The third kappa shape index (κ3) is 2.96. The summed E-state index contributed by atoms with van der Waals surface area (Å²) < 4.78 is 1.17. The standard InChI is InChI=1S/C15H14IN3OS/c1-8-9(2)21-15-13(8)14(20)18-12(19-15)7-17-11-5-3-4-10(16)6-11/h3-6,17H,7H2,1-2H3,(H,18,19,20). The molecule has 0 fully saturated rings. The van der Waals surface area contributed by atoms with E-state index in [0.29, 0.717) is 12.4 Å². The molecule has 2 aromatic heterocycles. The highest BCUT2D eigenvalue weighted by Gasteiger charge is 2.11. The Labute approximate surface area is 139 Å². The van der Waals surface area contributed by atoms with E-state index < -0.39 is 0 Å². The van der Waals surface area contributed by atoms with E-state index in [4.69, 9.17) is 0 Å². The maximum atomic E-state index is 12.2. The first-order valence-corrected chi connectivity index (χ1v) is 8.42. The van der Waals surface area contributed by atoms with Gasteiger partial charge in [0.25, 0.3) is 5.56 Å². The molecule has 21 heavy (non-hydrogen) atoms. The summed E-state index contributed by atoms with van der Waals surface area (Å²) in [4.78, 5) is 21.6. The van der Waals surface area contributed by atoms with Crippen LogP contribution in [-0.2, 0) is 6.54 Å². The fourth-order valence-corrected chi connectivity index (χ4v) is 3.76. The number of nitrogens with one attached hydrogen (secondary N) is 2. The Morgan fingerprint density at radius 3 is 2.95 bits per heavy atom. The molecule has 0 radical (unpaired) electrons. The van der Waals surface area contributed by atoms with Gasteiger partial charge in [-0.05, 0) is 60.2 Å². The number of rotatable bonds is 3. The molecule has 0 aliphatic rings. The molecule has 0 amide bonds. The molecule has 0 atom stereocenters. The van der Waals surface area contributed by atoms with E-state index in [1.54, 1.807) is 11.3 Å². The second kappa shape index (κ2) is 5.76. The lowest BCUT2D eigenvalue weighted by Gasteiger charge is -2.06. The molecule has 6 heteroatoms. The fourth-order valence-electron chi connectivity index (χ4n) is 2.17. The molecule has 2 heterocycles. The molecular formula is C15H14IN3OS. The molecule has 0 saturated heterocycles. The summed E-state index contributed by atoms with van der Waals surface area (Å²) in [6.07, 6.45) is 0. The topological polar surface area (TPSA) is 57.8 Å². The zero-order chi connectivity index (χ0) is 15.0. The van der Waals surface area contributed by atoms with Crippen molar-refractivity contribution in [1.82, 2.24) is 9.97 Å². The quantitative estimate of drug-likeness (QED) is 0.645. The van der Waals surface area contributed by atoms with E-state index in [9.17, 15) is 4.79 Å². The number of nitrogens with zero attached hydrogens (tertiary/aromatic N) is 1. The SMILES string of the molecule is Cc1sc2nc(CNc3cccc(I)c3)[nH]c(=O)c2c1C. The first-order valence-electron chi connectivity index (χ1n) is 6.53. The molecular weight excluding hydrogens is 397 g/mol. The lowest BCUT2D eigenvalue weighted by atomic mass is 10.2. The molecule has 0 aliphatic heterocycles. The summed E-state index contributed by atoms with van der Waals surface area (Å²) in [6, 6.07) is 8.08. The maximum Gasteiger partial charge on any atom is 0.259 e. The number of H-pyrrole nitrogens is 1. The van der Waals surface area contributed by atoms with Crippen LogP contribution in [0.2, 0.25) is 0 Å². The predicted octanol–water partition coefficient (Wildman–Crippen LogP) is 3.82. The van der Waals surface area contributed by atoms with E-state index >= 15 is 0 Å². The van der Waals surface area contributed by atoms with Gasteiger partial charge in [0.2, 0.25) is 0 Å². The van der Waals surface area contributed by atoms with Gasteiger partial charge in [-0.15, -0.1) is 11.3 Å². The van der Waals surface area contributed by atoms with E-state index in [1.165, 1.54) is 3.57 Å². The number of hydrogen-bond donors (Lipinski definition) is 2. The lowest BCUT2D eigenvalue weighted by molar-refractivity contribution is 0.956. The highest BCUT2D eigenvalue weighted by molar-refractivity contribution is 14.1. The predicted molar refractivity (Wildman–Crippen MR) is 96.2 cm³/mol. The first-order chi connectivity index (χ1) is 10.0. The van der Waals surface area contributed by atoms with Crippen LogP contribution in [0, 0.1) is 17.4 Å². The largest absolute Gasteiger partial charge is 0.378 e. The third-order valence-electron chi connectivity index (χ3n) is 3.37. The van der Waals surface area contributed by atoms with Crippen molar-refractivity contribution >= 4 is 49.8 Å². The van der Waals surface area contributed by atoms with Gasteiger partial charge in [-0.2, -0.15) is 0 Å². The fraction of sp³-hybridized carbons (Fsp3) is 0.200. The van der Waals surface area contributed by atoms with E-state index in [0.717, 1.165) is 26.3 Å². The molecule has 0 unspecified atom stereocenters. The highest BCUT2D eigenvalue weighted by Crippen LogP contribution is 2.25. The molecule has 0 aliphatic carbocycles. The van der Waals surface area contributed by atoms with E-state index in [1.807, 2.05) is 32.0 Å². The smallest absolute Gasteiger partial charge is 0.259 e. The molecule has 3 aromatic rings. The summed E-state index contributed by atoms with van der Waals surface area (Å²) in [5, 5.41) is 4.00. The number of anilines is 1. The van der Waals surface area contributed by atoms with Gasteiger partial charge in [-0.1, -0.05) is 6.07 Å². The van der Waals surface area contributed by atoms with Gasteiger partial charge in [0.05, 0.1) is 11.9 Å². The molecule has 2 N–H and O–H groups in total. The van der Waals surface area contributed by atoms with Gasteiger partial charge in [0.15, 0.2) is 0 Å². The molecule has 4 nitrogen and oxygen atoms in total. The van der Waals surface area contributed by atoms with Gasteiger partial charge >= 0.3 is 0 Å². The minimum absolute atomic E-state index is 0.0544. The van der Waals surface area contributed by atoms with Crippen molar-refractivity contribution in [3.63, 3.8) is 0 Å². The Hall–Kier alpha value is -1.41. The Bertz CT molecular complexity index is 869. The Balaban J connectivity index is 1.90. The number of fused-ring (bicyclic) bond motifs is 1. The van der Waals surface area contributed by atoms with Crippen LogP contribution in [0.3, 0.4) is 0 Å². The van der Waals surface area contributed by atoms with Crippen LogP contribution in [0.5, 0.6) is 0 Å². The number of benzene rings is 1. The highest BCUT2D eigenvalue weighted by atomic mass is 127. The number of aromatic amines is 1. The van der Waals surface area contributed by atoms with Gasteiger partial charge < -0.3 is 10.3 Å². The van der Waals surface area contributed by atoms with Crippen molar-refractivity contribution in [1.29, 1.82) is 0 Å². The minimum Gasteiger partial charge on any atom is -0.378 e. The van der Waals surface area contributed by atoms with Crippen LogP contribution >= 0.6 is 33.9 Å². The number of halogens is 1. The summed E-state index contributed by atoms with van der Waals surface area (Å²) in [5.74, 6) is 0.660. The monoisotopic (exact) mass is 411 g/mol. The molecule has 0 spiro atoms. The average molecular weight is 411 g/mol. The number of hydrogen-bond acceptors (Lipinski definition) is 4. The zero-order valence-electron chi connectivity index (χ0n) is 11.7. The van der Waals surface area contributed by atoms with Crippen molar-refractivity contribution < 1.29 is 0 Å². The minimum atomic E-state index is -0.0544. The maximum absolute atomic E-state index is 12.2. The normalized spacial score (nSPS) is 11.0. The molecule has 0 saturated carbocycles. The second-order valence-corrected chi connectivity index (χ2v) is 7.29. The van der Waals surface area contributed by atoms with Crippen molar-refractivity contribution in [3.8, 4) is 0 Å². The van der Waals surface area contributed by atoms with Crippen LogP contribution in [0.4, 0.5) is 5.69 Å². The first kappa shape index (κ1) is 14.5. The summed E-state index contributed by atoms with van der Waals surface area (Å²) in [5.41, 5.74) is 1.99. The van der Waals surface area contributed by atoms with Gasteiger partial charge in [0.1, 0.15) is 10.7 Å². The number of thiophene rings is 1.